The lowest BCUT2D eigenvalue weighted by Crippen LogP contribution is -2.39. The van der Waals surface area contributed by atoms with Gasteiger partial charge >= 0.3 is 17.9 Å². The lowest BCUT2D eigenvalue weighted by atomic mass is 9.88. The Morgan fingerprint density at radius 2 is 1.54 bits per heavy atom. The van der Waals surface area contributed by atoms with Gasteiger partial charge in [0.25, 0.3) is 0 Å². The van der Waals surface area contributed by atoms with E-state index in [1.807, 2.05) is 0 Å². The minimum atomic E-state index is -0.873. The van der Waals surface area contributed by atoms with Crippen molar-refractivity contribution in [3.05, 3.63) is 30.2 Å². The highest BCUT2D eigenvalue weighted by Crippen LogP contribution is 2.24. The zero-order valence-electron chi connectivity index (χ0n) is 15.0. The monoisotopic (exact) mass is 370 g/mol. The summed E-state index contributed by atoms with van der Waals surface area (Å²) in [5.74, 6) is -1.73. The second-order valence-corrected chi connectivity index (χ2v) is 5.49. The van der Waals surface area contributed by atoms with Gasteiger partial charge in [0.2, 0.25) is 0 Å². The van der Waals surface area contributed by atoms with Crippen LogP contribution >= 0.6 is 0 Å². The molecule has 0 amide bonds. The smallest absolute Gasteiger partial charge is 0.330 e. The van der Waals surface area contributed by atoms with Crippen LogP contribution in [0.1, 0.15) is 19.8 Å². The first-order valence-corrected chi connectivity index (χ1v) is 8.17. The van der Waals surface area contributed by atoms with E-state index in [-0.39, 0.29) is 32.8 Å². The summed E-state index contributed by atoms with van der Waals surface area (Å²) < 4.78 is 15.3. The molecule has 26 heavy (non-hydrogen) atoms. The van der Waals surface area contributed by atoms with Crippen molar-refractivity contribution in [1.82, 2.24) is 5.32 Å². The molecule has 0 aromatic heterocycles. The Bertz CT molecular complexity index is 481. The second kappa shape index (κ2) is 13.7. The molecule has 0 saturated carbocycles. The Morgan fingerprint density at radius 1 is 1.00 bits per heavy atom. The average molecular weight is 370 g/mol. The minimum Gasteiger partial charge on any atom is -0.465 e. The number of hydrogen-bond donors (Lipinski definition) is 1. The van der Waals surface area contributed by atoms with Crippen LogP contribution < -0.4 is 5.32 Å². The van der Waals surface area contributed by atoms with E-state index >= 15 is 0 Å². The van der Waals surface area contributed by atoms with Gasteiger partial charge in [0.1, 0.15) is 19.8 Å². The normalized spacial score (nSPS) is 10.5. The van der Waals surface area contributed by atoms with E-state index in [4.69, 9.17) is 14.2 Å². The Kier molecular flexibility index (Phi) is 12.4. The minimum absolute atomic E-state index is 0.0902. The third kappa shape index (κ3) is 10.3. The summed E-state index contributed by atoms with van der Waals surface area (Å²) in [5, 5.41) is 5.56. The van der Waals surface area contributed by atoms with Crippen molar-refractivity contribution in [1.29, 1.82) is 0 Å². The maximum absolute atomic E-state index is 11.8. The van der Waals surface area contributed by atoms with Crippen molar-refractivity contribution in [2.45, 2.75) is 19.8 Å². The lowest BCUT2D eigenvalue weighted by Gasteiger charge is -2.30. The number of carbonyl (C=O) groups excluding carboxylic acids is 3. The zero-order valence-corrected chi connectivity index (χ0v) is 15.0. The quantitative estimate of drug-likeness (QED) is 0.150. The maximum Gasteiger partial charge on any atom is 0.330 e. The fourth-order valence-corrected chi connectivity index (χ4v) is 1.74. The van der Waals surface area contributed by atoms with E-state index in [2.05, 4.69) is 23.7 Å². The molecule has 0 saturated heterocycles. The van der Waals surface area contributed by atoms with Gasteiger partial charge in [-0.15, -0.1) is 0 Å². The molecule has 0 aliphatic heterocycles. The Morgan fingerprint density at radius 3 is 2.00 bits per heavy atom. The van der Waals surface area contributed by atoms with Crippen molar-refractivity contribution < 1.29 is 28.6 Å². The molecular formula is C17H26N2O7. The van der Waals surface area contributed by atoms with Crippen LogP contribution in [0.15, 0.2) is 30.5 Å². The highest BCUT2D eigenvalue weighted by atomic mass is 16.6. The molecule has 9 heteroatoms. The number of carbonyl (C=O) groups is 3. The van der Waals surface area contributed by atoms with Crippen LogP contribution in [-0.4, -0.2) is 57.4 Å². The Hall–Kier alpha value is -2.55. The summed E-state index contributed by atoms with van der Waals surface area (Å²) >= 11 is 0. The molecule has 9 nitrogen and oxygen atoms in total. The average Bonchev–Trinajstić information content (AvgIpc) is 2.66. The van der Waals surface area contributed by atoms with E-state index < -0.39 is 23.3 Å². The number of hydrogen-bond acceptors (Lipinski definition) is 9. The molecule has 146 valence electrons. The van der Waals surface area contributed by atoms with Crippen molar-refractivity contribution in [3.8, 4) is 0 Å². The van der Waals surface area contributed by atoms with Gasteiger partial charge in [0, 0.05) is 25.2 Å². The summed E-state index contributed by atoms with van der Waals surface area (Å²) in [6.07, 6.45) is 2.56. The Labute approximate surface area is 152 Å². The molecule has 0 aromatic rings. The van der Waals surface area contributed by atoms with E-state index in [0.717, 1.165) is 12.2 Å². The molecule has 0 heterocycles. The third-order valence-electron chi connectivity index (χ3n) is 3.55. The Balaban J connectivity index is 4.64. The van der Waals surface area contributed by atoms with E-state index in [0.29, 0.717) is 19.5 Å². The van der Waals surface area contributed by atoms with Gasteiger partial charge < -0.3 is 19.5 Å². The first-order chi connectivity index (χ1) is 12.4. The highest BCUT2D eigenvalue weighted by molar-refractivity contribution is 5.81. The molecule has 0 aliphatic rings. The molecule has 0 unspecified atom stereocenters. The summed E-state index contributed by atoms with van der Waals surface area (Å²) in [6.45, 7) is 8.97. The van der Waals surface area contributed by atoms with Gasteiger partial charge in [-0.05, 0) is 6.42 Å². The van der Waals surface area contributed by atoms with Crippen LogP contribution in [0, 0.1) is 10.3 Å². The molecule has 0 aromatic carbocycles. The standard InChI is InChI=1S/C17H26N2O7/c1-4-14(20)24-11-17(6-3,12-25-15(21)5-2)13-26-16(22)7-8-18-9-10-19-23/h4-5,18H,1-2,6-13H2,3H3. The number of rotatable bonds is 15. The van der Waals surface area contributed by atoms with E-state index in [9.17, 15) is 19.3 Å². The molecule has 0 atom stereocenters. The van der Waals surface area contributed by atoms with Crippen LogP contribution in [0.4, 0.5) is 0 Å². The fourth-order valence-electron chi connectivity index (χ4n) is 1.74. The molecule has 0 aliphatic carbocycles. The van der Waals surface area contributed by atoms with Gasteiger partial charge in [-0.1, -0.05) is 25.3 Å². The fraction of sp³-hybridized carbons (Fsp3) is 0.588. The van der Waals surface area contributed by atoms with Gasteiger partial charge in [-0.2, -0.15) is 4.91 Å². The predicted octanol–water partition coefficient (Wildman–Crippen LogP) is 1.13. The van der Waals surface area contributed by atoms with Gasteiger partial charge in [-0.3, -0.25) is 4.79 Å². The summed E-state index contributed by atoms with van der Waals surface area (Å²) in [4.78, 5) is 44.4. The third-order valence-corrected chi connectivity index (χ3v) is 3.55. The van der Waals surface area contributed by atoms with Crippen molar-refractivity contribution in [3.63, 3.8) is 0 Å². The van der Waals surface area contributed by atoms with Crippen LogP contribution in [0.5, 0.6) is 0 Å². The lowest BCUT2D eigenvalue weighted by molar-refractivity contribution is -0.158. The first kappa shape index (κ1) is 23.4. The van der Waals surface area contributed by atoms with Gasteiger partial charge in [-0.25, -0.2) is 9.59 Å². The first-order valence-electron chi connectivity index (χ1n) is 8.17. The number of nitrogens with zero attached hydrogens (tertiary/aromatic N) is 1. The van der Waals surface area contributed by atoms with E-state index in [1.165, 1.54) is 0 Å². The molecule has 0 fully saturated rings. The largest absolute Gasteiger partial charge is 0.465 e. The molecule has 0 spiro atoms. The van der Waals surface area contributed by atoms with Crippen molar-refractivity contribution in [2.24, 2.45) is 10.6 Å². The van der Waals surface area contributed by atoms with Gasteiger partial charge in [0.05, 0.1) is 18.4 Å². The predicted molar refractivity (Wildman–Crippen MR) is 94.1 cm³/mol. The van der Waals surface area contributed by atoms with Crippen LogP contribution in [-0.2, 0) is 28.6 Å². The van der Waals surface area contributed by atoms with E-state index in [1.54, 1.807) is 6.92 Å². The molecule has 0 rings (SSSR count). The van der Waals surface area contributed by atoms with Crippen molar-refractivity contribution in [2.75, 3.05) is 39.5 Å². The topological polar surface area (TPSA) is 120 Å². The summed E-state index contributed by atoms with van der Waals surface area (Å²) in [5.41, 5.74) is -0.873. The maximum atomic E-state index is 11.8. The van der Waals surface area contributed by atoms with Crippen LogP contribution in [0.2, 0.25) is 0 Å². The number of nitroso groups, excluding NO2 is 1. The second-order valence-electron chi connectivity index (χ2n) is 5.49. The van der Waals surface area contributed by atoms with Crippen molar-refractivity contribution >= 4 is 17.9 Å². The summed E-state index contributed by atoms with van der Waals surface area (Å²) in [6, 6.07) is 0. The molecular weight excluding hydrogens is 344 g/mol. The SMILES string of the molecule is C=CC(=O)OCC(CC)(COC(=O)C=C)COC(=O)CCNCCN=O. The zero-order chi connectivity index (χ0) is 19.8. The molecule has 0 bridgehead atoms. The number of esters is 3. The molecule has 0 radical (unpaired) electrons. The number of ether oxygens (including phenoxy) is 3. The van der Waals surface area contributed by atoms with Crippen LogP contribution in [0.3, 0.4) is 0 Å². The van der Waals surface area contributed by atoms with Gasteiger partial charge in [0.15, 0.2) is 0 Å². The summed E-state index contributed by atoms with van der Waals surface area (Å²) in [7, 11) is 0. The molecule has 1 N–H and O–H groups in total. The highest BCUT2D eigenvalue weighted by Gasteiger charge is 2.33. The van der Waals surface area contributed by atoms with Crippen LogP contribution in [0.25, 0.3) is 0 Å². The number of nitrogens with one attached hydrogen (secondary N) is 1.